The topological polar surface area (TPSA) is 57.7 Å². The molecule has 0 fully saturated rings. The molecule has 0 aliphatic carbocycles. The van der Waals surface area contributed by atoms with Gasteiger partial charge in [0.2, 0.25) is 0 Å². The van der Waals surface area contributed by atoms with Crippen LogP contribution in [0.25, 0.3) is 10.9 Å². The summed E-state index contributed by atoms with van der Waals surface area (Å²) in [7, 11) is 2.88. The van der Waals surface area contributed by atoms with Crippen molar-refractivity contribution in [1.29, 1.82) is 0 Å². The molecule has 5 heteroatoms. The summed E-state index contributed by atoms with van der Waals surface area (Å²) in [4.78, 5) is 16.0. The first-order valence-electron chi connectivity index (χ1n) is 6.29. The number of benzene rings is 1. The minimum atomic E-state index is -0.508. The lowest BCUT2D eigenvalue weighted by Crippen LogP contribution is -2.10. The third kappa shape index (κ3) is 2.66. The minimum absolute atomic E-state index is 0.0164. The van der Waals surface area contributed by atoms with Crippen LogP contribution in [0.2, 0.25) is 0 Å². The maximum Gasteiger partial charge on any atom is 0.356 e. The highest BCUT2D eigenvalue weighted by molar-refractivity contribution is 5.96. The Bertz CT molecular complexity index is 637. The highest BCUT2D eigenvalue weighted by Gasteiger charge is 2.16. The van der Waals surface area contributed by atoms with E-state index in [1.807, 2.05) is 26.0 Å². The second-order valence-electron chi connectivity index (χ2n) is 4.52. The first-order chi connectivity index (χ1) is 9.56. The number of carbonyl (C=O) groups is 1. The maximum absolute atomic E-state index is 11.7. The van der Waals surface area contributed by atoms with Gasteiger partial charge in [0.05, 0.1) is 20.3 Å². The largest absolute Gasteiger partial charge is 0.494 e. The zero-order chi connectivity index (χ0) is 14.7. The summed E-state index contributed by atoms with van der Waals surface area (Å²) in [5.74, 6) is 0.664. The van der Waals surface area contributed by atoms with Crippen molar-refractivity contribution < 1.29 is 19.0 Å². The van der Waals surface area contributed by atoms with Crippen LogP contribution >= 0.6 is 0 Å². The van der Waals surface area contributed by atoms with Crippen molar-refractivity contribution in [1.82, 2.24) is 4.98 Å². The second-order valence-corrected chi connectivity index (χ2v) is 4.52. The van der Waals surface area contributed by atoms with Crippen LogP contribution in [-0.4, -0.2) is 31.3 Å². The first-order valence-corrected chi connectivity index (χ1v) is 6.29. The fourth-order valence-corrected chi connectivity index (χ4v) is 1.92. The van der Waals surface area contributed by atoms with E-state index in [9.17, 15) is 4.79 Å². The number of fused-ring (bicyclic) bond motifs is 1. The zero-order valence-corrected chi connectivity index (χ0v) is 12.0. The number of rotatable bonds is 4. The Hall–Kier alpha value is -2.30. The molecule has 0 saturated heterocycles. The summed E-state index contributed by atoms with van der Waals surface area (Å²) in [6.07, 6.45) is -0.0164. The Kier molecular flexibility index (Phi) is 4.08. The molecule has 0 aliphatic rings. The molecule has 2 aromatic rings. The third-order valence-corrected chi connectivity index (χ3v) is 2.74. The molecule has 5 nitrogen and oxygen atoms in total. The van der Waals surface area contributed by atoms with Crippen molar-refractivity contribution in [3.05, 3.63) is 30.0 Å². The monoisotopic (exact) mass is 275 g/mol. The predicted octanol–water partition coefficient (Wildman–Crippen LogP) is 2.82. The minimum Gasteiger partial charge on any atom is -0.494 e. The average molecular weight is 275 g/mol. The van der Waals surface area contributed by atoms with E-state index in [2.05, 4.69) is 4.98 Å². The van der Waals surface area contributed by atoms with Gasteiger partial charge in [-0.25, -0.2) is 9.78 Å². The molecule has 1 aromatic heterocycles. The van der Waals surface area contributed by atoms with Crippen molar-refractivity contribution in [2.45, 2.75) is 20.0 Å². The van der Waals surface area contributed by atoms with Crippen LogP contribution in [0.1, 0.15) is 24.3 Å². The number of aromatic nitrogens is 1. The zero-order valence-electron chi connectivity index (χ0n) is 12.0. The Labute approximate surface area is 117 Å². The van der Waals surface area contributed by atoms with E-state index >= 15 is 0 Å². The summed E-state index contributed by atoms with van der Waals surface area (Å²) in [5, 5.41) is 0.797. The van der Waals surface area contributed by atoms with E-state index < -0.39 is 5.97 Å². The lowest BCUT2D eigenvalue weighted by Gasteiger charge is -2.14. The van der Waals surface area contributed by atoms with Crippen LogP contribution in [0, 0.1) is 0 Å². The lowest BCUT2D eigenvalue weighted by atomic mass is 10.1. The molecule has 0 spiro atoms. The molecular formula is C15H17NO4. The summed E-state index contributed by atoms with van der Waals surface area (Å²) in [5.41, 5.74) is 0.772. The molecule has 20 heavy (non-hydrogen) atoms. The van der Waals surface area contributed by atoms with E-state index in [0.29, 0.717) is 17.0 Å². The van der Waals surface area contributed by atoms with Crippen LogP contribution in [0.4, 0.5) is 0 Å². The van der Waals surface area contributed by atoms with Gasteiger partial charge in [0.15, 0.2) is 5.69 Å². The number of carbonyl (C=O) groups excluding carboxylic acids is 1. The van der Waals surface area contributed by atoms with E-state index in [0.717, 1.165) is 5.39 Å². The van der Waals surface area contributed by atoms with Gasteiger partial charge in [0, 0.05) is 11.5 Å². The third-order valence-electron chi connectivity index (χ3n) is 2.74. The summed E-state index contributed by atoms with van der Waals surface area (Å²) >= 11 is 0. The van der Waals surface area contributed by atoms with Gasteiger partial charge in [-0.1, -0.05) is 6.07 Å². The molecule has 1 aromatic carbocycles. The number of ether oxygens (including phenoxy) is 3. The molecule has 0 saturated carbocycles. The van der Waals surface area contributed by atoms with Gasteiger partial charge < -0.3 is 14.2 Å². The smallest absolute Gasteiger partial charge is 0.356 e. The second kappa shape index (κ2) is 5.77. The van der Waals surface area contributed by atoms with Crippen molar-refractivity contribution in [2.24, 2.45) is 0 Å². The van der Waals surface area contributed by atoms with E-state index in [4.69, 9.17) is 14.2 Å². The standard InChI is InChI=1S/C15H17NO4/c1-9(2)20-13-8-11(15(17)19-4)16-14-10(13)6-5-7-12(14)18-3/h5-9H,1-4H3. The van der Waals surface area contributed by atoms with Gasteiger partial charge in [-0.05, 0) is 26.0 Å². The van der Waals surface area contributed by atoms with Crippen molar-refractivity contribution >= 4 is 16.9 Å². The Morgan fingerprint density at radius 3 is 2.55 bits per heavy atom. The molecule has 0 aliphatic heterocycles. The quantitative estimate of drug-likeness (QED) is 0.803. The molecule has 2 rings (SSSR count). The van der Waals surface area contributed by atoms with Crippen LogP contribution in [0.15, 0.2) is 24.3 Å². The summed E-state index contributed by atoms with van der Waals surface area (Å²) < 4.78 is 15.8. The molecule has 0 radical (unpaired) electrons. The molecule has 0 N–H and O–H groups in total. The molecule has 0 atom stereocenters. The lowest BCUT2D eigenvalue weighted by molar-refractivity contribution is 0.0593. The van der Waals surface area contributed by atoms with E-state index in [1.165, 1.54) is 7.11 Å². The van der Waals surface area contributed by atoms with Gasteiger partial charge in [-0.3, -0.25) is 0 Å². The van der Waals surface area contributed by atoms with Crippen molar-refractivity contribution in [3.63, 3.8) is 0 Å². The molecule has 0 amide bonds. The SMILES string of the molecule is COC(=O)c1cc(OC(C)C)c2cccc(OC)c2n1. The number of esters is 1. The predicted molar refractivity (Wildman–Crippen MR) is 75.4 cm³/mol. The maximum atomic E-state index is 11.7. The first kappa shape index (κ1) is 14.1. The van der Waals surface area contributed by atoms with Gasteiger partial charge in [0.1, 0.15) is 17.0 Å². The summed E-state index contributed by atoms with van der Waals surface area (Å²) in [6, 6.07) is 7.11. The van der Waals surface area contributed by atoms with Crippen LogP contribution in [-0.2, 0) is 4.74 Å². The number of methoxy groups -OCH3 is 2. The highest BCUT2D eigenvalue weighted by Crippen LogP contribution is 2.32. The number of nitrogens with zero attached hydrogens (tertiary/aromatic N) is 1. The fourth-order valence-electron chi connectivity index (χ4n) is 1.92. The number of para-hydroxylation sites is 1. The molecule has 1 heterocycles. The van der Waals surface area contributed by atoms with E-state index in [1.54, 1.807) is 19.2 Å². The molecule has 106 valence electrons. The van der Waals surface area contributed by atoms with Crippen LogP contribution in [0.5, 0.6) is 11.5 Å². The highest BCUT2D eigenvalue weighted by atomic mass is 16.5. The number of hydrogen-bond donors (Lipinski definition) is 0. The fraction of sp³-hybridized carbons (Fsp3) is 0.333. The number of hydrogen-bond acceptors (Lipinski definition) is 5. The average Bonchev–Trinajstić information content (AvgIpc) is 2.45. The molecule has 0 bridgehead atoms. The summed E-state index contributed by atoms with van der Waals surface area (Å²) in [6.45, 7) is 3.84. The van der Waals surface area contributed by atoms with Crippen molar-refractivity contribution in [3.8, 4) is 11.5 Å². The van der Waals surface area contributed by atoms with Gasteiger partial charge >= 0.3 is 5.97 Å². The normalized spacial score (nSPS) is 10.7. The Morgan fingerprint density at radius 1 is 1.20 bits per heavy atom. The molecule has 0 unspecified atom stereocenters. The van der Waals surface area contributed by atoms with Crippen LogP contribution in [0.3, 0.4) is 0 Å². The van der Waals surface area contributed by atoms with Gasteiger partial charge in [-0.15, -0.1) is 0 Å². The van der Waals surface area contributed by atoms with Gasteiger partial charge in [0.25, 0.3) is 0 Å². The van der Waals surface area contributed by atoms with Crippen LogP contribution < -0.4 is 9.47 Å². The van der Waals surface area contributed by atoms with E-state index in [-0.39, 0.29) is 11.8 Å². The molecular weight excluding hydrogens is 258 g/mol. The Morgan fingerprint density at radius 2 is 1.95 bits per heavy atom. The Balaban J connectivity index is 2.70. The number of pyridine rings is 1. The van der Waals surface area contributed by atoms with Gasteiger partial charge in [-0.2, -0.15) is 0 Å². The van der Waals surface area contributed by atoms with Crippen molar-refractivity contribution in [2.75, 3.05) is 14.2 Å².